The van der Waals surface area contributed by atoms with Crippen LogP contribution in [-0.4, -0.2) is 25.0 Å². The van der Waals surface area contributed by atoms with E-state index in [1.165, 1.54) is 0 Å². The summed E-state index contributed by atoms with van der Waals surface area (Å²) in [5, 5.41) is 3.50. The van der Waals surface area contributed by atoms with E-state index in [0.717, 1.165) is 17.7 Å². The van der Waals surface area contributed by atoms with Crippen LogP contribution in [-0.2, 0) is 9.59 Å². The Bertz CT molecular complexity index is 923. The molecule has 0 saturated carbocycles. The zero-order chi connectivity index (χ0) is 18.1. The van der Waals surface area contributed by atoms with E-state index in [-0.39, 0.29) is 18.4 Å². The highest BCUT2D eigenvalue weighted by atomic mass is 35.5. The van der Waals surface area contributed by atoms with Crippen molar-refractivity contribution in [3.05, 3.63) is 58.6 Å². The van der Waals surface area contributed by atoms with E-state index in [0.29, 0.717) is 35.0 Å². The van der Waals surface area contributed by atoms with Crippen LogP contribution in [0.4, 0.5) is 11.4 Å². The molecule has 2 amide bonds. The molecule has 2 aliphatic heterocycles. The van der Waals surface area contributed by atoms with E-state index < -0.39 is 0 Å². The number of carbonyl (C=O) groups is 2. The molecule has 5 nitrogen and oxygen atoms in total. The summed E-state index contributed by atoms with van der Waals surface area (Å²) >= 11 is 6.02. The van der Waals surface area contributed by atoms with Crippen molar-refractivity contribution >= 4 is 40.9 Å². The normalized spacial score (nSPS) is 16.0. The van der Waals surface area contributed by atoms with E-state index >= 15 is 0 Å². The van der Waals surface area contributed by atoms with Crippen molar-refractivity contribution in [3.8, 4) is 5.75 Å². The number of nitrogens with one attached hydrogen (secondary N) is 1. The summed E-state index contributed by atoms with van der Waals surface area (Å²) in [6, 6.07) is 12.6. The first kappa shape index (κ1) is 16.7. The molecular formula is C20H17ClN2O3. The maximum atomic E-state index is 12.7. The van der Waals surface area contributed by atoms with E-state index in [2.05, 4.69) is 5.32 Å². The summed E-state index contributed by atoms with van der Waals surface area (Å²) in [4.78, 5) is 26.5. The third kappa shape index (κ3) is 3.18. The van der Waals surface area contributed by atoms with Gasteiger partial charge in [0.25, 0.3) is 5.91 Å². The molecule has 2 aromatic rings. The first-order chi connectivity index (χ1) is 12.6. The van der Waals surface area contributed by atoms with E-state index in [9.17, 15) is 9.59 Å². The van der Waals surface area contributed by atoms with Crippen LogP contribution >= 0.6 is 11.6 Å². The third-order valence-electron chi connectivity index (χ3n) is 4.49. The summed E-state index contributed by atoms with van der Waals surface area (Å²) in [5.41, 5.74) is 2.62. The summed E-state index contributed by atoms with van der Waals surface area (Å²) in [7, 11) is 0. The number of rotatable bonds is 3. The fourth-order valence-electron chi connectivity index (χ4n) is 3.20. The molecule has 0 aromatic heterocycles. The van der Waals surface area contributed by atoms with Crippen molar-refractivity contribution in [2.75, 3.05) is 23.4 Å². The first-order valence-electron chi connectivity index (χ1n) is 8.45. The SMILES string of the molecule is O=C(Nc1ccccc1N1CCCC1=O)C1=Cc2cc(Cl)ccc2OC1. The topological polar surface area (TPSA) is 58.6 Å². The lowest BCUT2D eigenvalue weighted by atomic mass is 10.1. The quantitative estimate of drug-likeness (QED) is 0.894. The predicted octanol–water partition coefficient (Wildman–Crippen LogP) is 3.88. The standard InChI is InChI=1S/C20H17ClN2O3/c21-15-7-8-18-13(11-15)10-14(12-26-18)20(25)22-16-4-1-2-5-17(16)23-9-3-6-19(23)24/h1-2,4-5,7-8,10-11H,3,6,9,12H2,(H,22,25). The number of halogens is 1. The van der Waals surface area contributed by atoms with E-state index in [1.54, 1.807) is 35.2 Å². The Kier molecular flexibility index (Phi) is 4.39. The second-order valence-corrected chi connectivity index (χ2v) is 6.70. The van der Waals surface area contributed by atoms with Gasteiger partial charge in [0.1, 0.15) is 12.4 Å². The minimum Gasteiger partial charge on any atom is -0.488 e. The summed E-state index contributed by atoms with van der Waals surface area (Å²) < 4.78 is 5.64. The average molecular weight is 369 g/mol. The largest absolute Gasteiger partial charge is 0.488 e. The van der Waals surface area contributed by atoms with Crippen molar-refractivity contribution in [2.45, 2.75) is 12.8 Å². The smallest absolute Gasteiger partial charge is 0.255 e. The number of amides is 2. The number of nitrogens with zero attached hydrogens (tertiary/aromatic N) is 1. The van der Waals surface area contributed by atoms with Gasteiger partial charge >= 0.3 is 0 Å². The molecule has 1 fully saturated rings. The molecule has 0 bridgehead atoms. The summed E-state index contributed by atoms with van der Waals surface area (Å²) in [6.45, 7) is 0.856. The second kappa shape index (κ2) is 6.84. The number of anilines is 2. The lowest BCUT2D eigenvalue weighted by molar-refractivity contribution is -0.117. The number of ether oxygens (including phenoxy) is 1. The third-order valence-corrected chi connectivity index (χ3v) is 4.73. The first-order valence-corrected chi connectivity index (χ1v) is 8.83. The molecule has 26 heavy (non-hydrogen) atoms. The van der Waals surface area contributed by atoms with Crippen molar-refractivity contribution in [2.24, 2.45) is 0 Å². The van der Waals surface area contributed by atoms with Gasteiger partial charge in [-0.2, -0.15) is 0 Å². The van der Waals surface area contributed by atoms with Gasteiger partial charge in [0, 0.05) is 23.6 Å². The average Bonchev–Trinajstić information content (AvgIpc) is 3.07. The molecule has 1 N–H and O–H groups in total. The number of hydrogen-bond acceptors (Lipinski definition) is 3. The lowest BCUT2D eigenvalue weighted by Gasteiger charge is -2.21. The van der Waals surface area contributed by atoms with Crippen LogP contribution in [0, 0.1) is 0 Å². The Morgan fingerprint density at radius 2 is 2.04 bits per heavy atom. The van der Waals surface area contributed by atoms with Crippen molar-refractivity contribution in [3.63, 3.8) is 0 Å². The molecule has 0 spiro atoms. The highest BCUT2D eigenvalue weighted by molar-refractivity contribution is 6.30. The Balaban J connectivity index is 1.59. The van der Waals surface area contributed by atoms with Crippen LogP contribution in [0.3, 0.4) is 0 Å². The number of carbonyl (C=O) groups excluding carboxylic acids is 2. The molecule has 0 atom stereocenters. The molecule has 2 aliphatic rings. The Labute approximate surface area is 156 Å². The van der Waals surface area contributed by atoms with E-state index in [1.807, 2.05) is 18.2 Å². The van der Waals surface area contributed by atoms with Crippen molar-refractivity contribution < 1.29 is 14.3 Å². The molecule has 2 heterocycles. The lowest BCUT2D eigenvalue weighted by Crippen LogP contribution is -2.26. The highest BCUT2D eigenvalue weighted by Crippen LogP contribution is 2.32. The van der Waals surface area contributed by atoms with Gasteiger partial charge in [-0.15, -0.1) is 0 Å². The molecule has 0 unspecified atom stereocenters. The van der Waals surface area contributed by atoms with Crippen LogP contribution in [0.1, 0.15) is 18.4 Å². The van der Waals surface area contributed by atoms with Crippen LogP contribution in [0.25, 0.3) is 6.08 Å². The maximum absolute atomic E-state index is 12.7. The van der Waals surface area contributed by atoms with Gasteiger partial charge in [-0.1, -0.05) is 23.7 Å². The minimum atomic E-state index is -0.255. The minimum absolute atomic E-state index is 0.0792. The van der Waals surface area contributed by atoms with Crippen LogP contribution in [0.2, 0.25) is 5.02 Å². The molecule has 2 aromatic carbocycles. The van der Waals surface area contributed by atoms with Crippen LogP contribution in [0.5, 0.6) is 5.75 Å². The van der Waals surface area contributed by atoms with Crippen molar-refractivity contribution in [1.82, 2.24) is 0 Å². The Hall–Kier alpha value is -2.79. The fourth-order valence-corrected chi connectivity index (χ4v) is 3.38. The molecule has 6 heteroatoms. The molecule has 4 rings (SSSR count). The number of para-hydroxylation sites is 2. The van der Waals surface area contributed by atoms with Crippen LogP contribution < -0.4 is 15.0 Å². The van der Waals surface area contributed by atoms with Crippen LogP contribution in [0.15, 0.2) is 48.0 Å². The van der Waals surface area contributed by atoms with Crippen molar-refractivity contribution in [1.29, 1.82) is 0 Å². The Morgan fingerprint density at radius 3 is 2.85 bits per heavy atom. The van der Waals surface area contributed by atoms with Gasteiger partial charge in [0.2, 0.25) is 5.91 Å². The van der Waals surface area contributed by atoms with Gasteiger partial charge in [0.05, 0.1) is 16.9 Å². The molecule has 1 saturated heterocycles. The number of benzene rings is 2. The monoisotopic (exact) mass is 368 g/mol. The van der Waals surface area contributed by atoms with Gasteiger partial charge in [0.15, 0.2) is 0 Å². The summed E-state index contributed by atoms with van der Waals surface area (Å²) in [6.07, 6.45) is 3.15. The molecule has 0 radical (unpaired) electrons. The van der Waals surface area contributed by atoms with Gasteiger partial charge in [-0.05, 0) is 42.8 Å². The Morgan fingerprint density at radius 1 is 1.19 bits per heavy atom. The summed E-state index contributed by atoms with van der Waals surface area (Å²) in [5.74, 6) is 0.527. The van der Waals surface area contributed by atoms with Gasteiger partial charge < -0.3 is 15.0 Å². The van der Waals surface area contributed by atoms with Gasteiger partial charge in [-0.25, -0.2) is 0 Å². The molecule has 0 aliphatic carbocycles. The number of fused-ring (bicyclic) bond motifs is 1. The number of hydrogen-bond donors (Lipinski definition) is 1. The highest BCUT2D eigenvalue weighted by Gasteiger charge is 2.25. The molecular weight excluding hydrogens is 352 g/mol. The zero-order valence-corrected chi connectivity index (χ0v) is 14.8. The molecule has 132 valence electrons. The zero-order valence-electron chi connectivity index (χ0n) is 14.0. The van der Waals surface area contributed by atoms with Gasteiger partial charge in [-0.3, -0.25) is 9.59 Å². The fraction of sp³-hybridized carbons (Fsp3) is 0.200. The second-order valence-electron chi connectivity index (χ2n) is 6.26. The maximum Gasteiger partial charge on any atom is 0.255 e. The predicted molar refractivity (Wildman–Crippen MR) is 102 cm³/mol. The van der Waals surface area contributed by atoms with E-state index in [4.69, 9.17) is 16.3 Å².